The van der Waals surface area contributed by atoms with E-state index in [4.69, 9.17) is 9.47 Å². The fourth-order valence-corrected chi connectivity index (χ4v) is 3.62. The number of carbonyl (C=O) groups is 1. The number of aromatic nitrogens is 2. The predicted octanol–water partition coefficient (Wildman–Crippen LogP) is 2.24. The number of likely N-dealkylation sites (tertiary alicyclic amines) is 1. The second kappa shape index (κ2) is 6.44. The normalized spacial score (nSPS) is 25.5. The Morgan fingerprint density at radius 3 is 3.12 bits per heavy atom. The van der Waals surface area contributed by atoms with Gasteiger partial charge in [0, 0.05) is 37.6 Å². The van der Waals surface area contributed by atoms with Crippen molar-refractivity contribution in [1.82, 2.24) is 14.9 Å². The molecule has 2 atom stereocenters. The lowest BCUT2D eigenvalue weighted by Crippen LogP contribution is -2.36. The van der Waals surface area contributed by atoms with Gasteiger partial charge in [-0.25, -0.2) is 4.98 Å². The van der Waals surface area contributed by atoms with E-state index in [0.29, 0.717) is 31.1 Å². The molecule has 0 N–H and O–H groups in total. The lowest BCUT2D eigenvalue weighted by Gasteiger charge is -2.23. The molecule has 4 heterocycles. The predicted molar refractivity (Wildman–Crippen MR) is 91.4 cm³/mol. The molecule has 6 heteroatoms. The van der Waals surface area contributed by atoms with E-state index < -0.39 is 0 Å². The van der Waals surface area contributed by atoms with Gasteiger partial charge in [0.05, 0.1) is 24.3 Å². The molecule has 4 rings (SSSR count). The van der Waals surface area contributed by atoms with Crippen LogP contribution >= 0.6 is 0 Å². The van der Waals surface area contributed by atoms with E-state index in [1.165, 1.54) is 0 Å². The van der Waals surface area contributed by atoms with Crippen molar-refractivity contribution in [2.45, 2.75) is 31.5 Å². The van der Waals surface area contributed by atoms with Crippen LogP contribution in [0.25, 0.3) is 0 Å². The van der Waals surface area contributed by atoms with E-state index in [1.54, 1.807) is 18.6 Å². The number of hydrogen-bond acceptors (Lipinski definition) is 5. The molecule has 0 bridgehead atoms. The van der Waals surface area contributed by atoms with Gasteiger partial charge in [0.25, 0.3) is 5.91 Å². The Morgan fingerprint density at radius 1 is 1.40 bits per heavy atom. The van der Waals surface area contributed by atoms with Gasteiger partial charge in [-0.05, 0) is 31.0 Å². The van der Waals surface area contributed by atoms with Crippen molar-refractivity contribution in [1.29, 1.82) is 0 Å². The lowest BCUT2D eigenvalue weighted by atomic mass is 9.98. The molecule has 2 fully saturated rings. The third-order valence-electron chi connectivity index (χ3n) is 4.83. The molecule has 2 saturated heterocycles. The Balaban J connectivity index is 1.39. The fourth-order valence-electron chi connectivity index (χ4n) is 3.62. The summed E-state index contributed by atoms with van der Waals surface area (Å²) in [6, 6.07) is 7.49. The molecule has 130 valence electrons. The zero-order chi connectivity index (χ0) is 17.3. The summed E-state index contributed by atoms with van der Waals surface area (Å²) in [6.07, 6.45) is 6.68. The number of pyridine rings is 2. The molecule has 2 aromatic heterocycles. The van der Waals surface area contributed by atoms with E-state index in [0.717, 1.165) is 18.4 Å². The maximum Gasteiger partial charge on any atom is 0.255 e. The topological polar surface area (TPSA) is 64.6 Å². The zero-order valence-corrected chi connectivity index (χ0v) is 14.2. The summed E-state index contributed by atoms with van der Waals surface area (Å²) in [6.45, 7) is 3.77. The Bertz CT molecular complexity index is 768. The number of rotatable bonds is 3. The first kappa shape index (κ1) is 16.0. The lowest BCUT2D eigenvalue weighted by molar-refractivity contribution is 0.00985. The molecule has 1 amide bonds. The second-order valence-corrected chi connectivity index (χ2v) is 6.83. The number of carbonyl (C=O) groups excluding carboxylic acids is 1. The molecule has 6 nitrogen and oxygen atoms in total. The maximum absolute atomic E-state index is 12.7. The maximum atomic E-state index is 12.7. The van der Waals surface area contributed by atoms with Gasteiger partial charge < -0.3 is 14.4 Å². The minimum atomic E-state index is -0.299. The fraction of sp³-hybridized carbons (Fsp3) is 0.421. The van der Waals surface area contributed by atoms with Crippen molar-refractivity contribution in [3.8, 4) is 5.88 Å². The van der Waals surface area contributed by atoms with Gasteiger partial charge in [0.2, 0.25) is 5.88 Å². The van der Waals surface area contributed by atoms with Gasteiger partial charge in [-0.2, -0.15) is 0 Å². The van der Waals surface area contributed by atoms with Crippen LogP contribution in [0.4, 0.5) is 0 Å². The number of nitrogens with zero attached hydrogens (tertiary/aromatic N) is 3. The standard InChI is InChI=1S/C19H21N3O3/c1-14-8-15(11-20-10-14)18(23)22-7-5-19(13-22)9-16(12-24-19)25-17-4-2-3-6-21-17/h2-4,6,8,10-11,16H,5,7,9,12-13H2,1H3/t16-,19-/m0/s1. The van der Waals surface area contributed by atoms with Crippen LogP contribution in [0, 0.1) is 6.92 Å². The summed E-state index contributed by atoms with van der Waals surface area (Å²) in [5.41, 5.74) is 1.32. The van der Waals surface area contributed by atoms with Crippen LogP contribution in [0.3, 0.4) is 0 Å². The summed E-state index contributed by atoms with van der Waals surface area (Å²) in [5.74, 6) is 0.635. The van der Waals surface area contributed by atoms with Crippen LogP contribution in [-0.4, -0.2) is 52.2 Å². The quantitative estimate of drug-likeness (QED) is 0.858. The SMILES string of the molecule is Cc1cncc(C(=O)N2CC[C@]3(C[C@H](Oc4ccccn4)CO3)C2)c1. The van der Waals surface area contributed by atoms with Gasteiger partial charge in [0.1, 0.15) is 6.10 Å². The van der Waals surface area contributed by atoms with E-state index in [1.807, 2.05) is 36.1 Å². The van der Waals surface area contributed by atoms with Crippen LogP contribution in [0.15, 0.2) is 42.9 Å². The average molecular weight is 339 g/mol. The van der Waals surface area contributed by atoms with Gasteiger partial charge in [0.15, 0.2) is 0 Å². The van der Waals surface area contributed by atoms with Gasteiger partial charge in [-0.1, -0.05) is 6.07 Å². The van der Waals surface area contributed by atoms with E-state index in [2.05, 4.69) is 9.97 Å². The highest BCUT2D eigenvalue weighted by atomic mass is 16.6. The van der Waals surface area contributed by atoms with E-state index in [9.17, 15) is 4.79 Å². The van der Waals surface area contributed by atoms with Crippen LogP contribution in [0.5, 0.6) is 5.88 Å². The third-order valence-corrected chi connectivity index (χ3v) is 4.83. The van der Waals surface area contributed by atoms with Crippen LogP contribution in [0.1, 0.15) is 28.8 Å². The largest absolute Gasteiger partial charge is 0.472 e. The highest BCUT2D eigenvalue weighted by molar-refractivity contribution is 5.94. The van der Waals surface area contributed by atoms with Crippen molar-refractivity contribution in [2.24, 2.45) is 0 Å². The molecular weight excluding hydrogens is 318 g/mol. The first-order valence-electron chi connectivity index (χ1n) is 8.56. The van der Waals surface area contributed by atoms with Gasteiger partial charge >= 0.3 is 0 Å². The molecule has 2 aliphatic heterocycles. The monoisotopic (exact) mass is 339 g/mol. The zero-order valence-electron chi connectivity index (χ0n) is 14.2. The number of ether oxygens (including phenoxy) is 2. The number of aryl methyl sites for hydroxylation is 1. The Labute approximate surface area is 146 Å². The molecule has 25 heavy (non-hydrogen) atoms. The molecule has 0 radical (unpaired) electrons. The van der Waals surface area contributed by atoms with Crippen molar-refractivity contribution >= 4 is 5.91 Å². The summed E-state index contributed by atoms with van der Waals surface area (Å²) in [7, 11) is 0. The van der Waals surface area contributed by atoms with Crippen molar-refractivity contribution < 1.29 is 14.3 Å². The first-order valence-corrected chi connectivity index (χ1v) is 8.56. The van der Waals surface area contributed by atoms with Gasteiger partial charge in [-0.3, -0.25) is 9.78 Å². The van der Waals surface area contributed by atoms with Crippen molar-refractivity contribution in [2.75, 3.05) is 19.7 Å². The van der Waals surface area contributed by atoms with Crippen molar-refractivity contribution in [3.63, 3.8) is 0 Å². The summed E-state index contributed by atoms with van der Waals surface area (Å²) >= 11 is 0. The van der Waals surface area contributed by atoms with E-state index >= 15 is 0 Å². The molecule has 1 spiro atoms. The minimum absolute atomic E-state index is 0.0192. The Kier molecular flexibility index (Phi) is 4.13. The summed E-state index contributed by atoms with van der Waals surface area (Å²) in [5, 5.41) is 0. The molecule has 0 aliphatic carbocycles. The third kappa shape index (κ3) is 3.35. The molecule has 0 unspecified atom stereocenters. The van der Waals surface area contributed by atoms with E-state index in [-0.39, 0.29) is 17.6 Å². The van der Waals surface area contributed by atoms with Crippen LogP contribution in [0.2, 0.25) is 0 Å². The second-order valence-electron chi connectivity index (χ2n) is 6.83. The average Bonchev–Trinajstić information content (AvgIpc) is 3.22. The number of hydrogen-bond donors (Lipinski definition) is 0. The Morgan fingerprint density at radius 2 is 2.32 bits per heavy atom. The highest BCUT2D eigenvalue weighted by Crippen LogP contribution is 2.36. The number of amides is 1. The molecule has 2 aliphatic rings. The van der Waals surface area contributed by atoms with Crippen molar-refractivity contribution in [3.05, 3.63) is 54.0 Å². The van der Waals surface area contributed by atoms with Gasteiger partial charge in [-0.15, -0.1) is 0 Å². The van der Waals surface area contributed by atoms with Crippen LogP contribution < -0.4 is 4.74 Å². The Hall–Kier alpha value is -2.47. The van der Waals surface area contributed by atoms with Crippen LogP contribution in [-0.2, 0) is 4.74 Å². The smallest absolute Gasteiger partial charge is 0.255 e. The molecule has 2 aromatic rings. The molecular formula is C19H21N3O3. The highest BCUT2D eigenvalue weighted by Gasteiger charge is 2.47. The first-order chi connectivity index (χ1) is 12.1. The summed E-state index contributed by atoms with van der Waals surface area (Å²) in [4.78, 5) is 22.9. The summed E-state index contributed by atoms with van der Waals surface area (Å²) < 4.78 is 12.0. The molecule has 0 saturated carbocycles. The molecule has 0 aromatic carbocycles. The minimum Gasteiger partial charge on any atom is -0.472 e.